The zero-order valence-electron chi connectivity index (χ0n) is 16.5. The Morgan fingerprint density at radius 1 is 1.00 bits per heavy atom. The summed E-state index contributed by atoms with van der Waals surface area (Å²) in [5, 5.41) is 0. The van der Waals surface area contributed by atoms with Gasteiger partial charge < -0.3 is 9.64 Å². The van der Waals surface area contributed by atoms with E-state index in [0.717, 1.165) is 65.5 Å². The van der Waals surface area contributed by atoms with Gasteiger partial charge in [0.05, 0.1) is 18.5 Å². The Morgan fingerprint density at radius 2 is 1.76 bits per heavy atom. The lowest BCUT2D eigenvalue weighted by atomic mass is 9.98. The normalized spacial score (nSPS) is 15.7. The average molecular weight is 385 g/mol. The van der Waals surface area contributed by atoms with Gasteiger partial charge in [0.2, 0.25) is 5.91 Å². The van der Waals surface area contributed by atoms with E-state index in [1.54, 1.807) is 7.11 Å². The van der Waals surface area contributed by atoms with Crippen molar-refractivity contribution in [2.45, 2.75) is 25.8 Å². The molecule has 1 amide bonds. The summed E-state index contributed by atoms with van der Waals surface area (Å²) in [5.41, 5.74) is 5.04. The highest BCUT2D eigenvalue weighted by Gasteiger charge is 2.35. The highest BCUT2D eigenvalue weighted by atomic mass is 16.5. The third-order valence-corrected chi connectivity index (χ3v) is 5.69. The minimum absolute atomic E-state index is 0.227. The summed E-state index contributed by atoms with van der Waals surface area (Å²) in [5.74, 6) is 2.05. The number of nitrogens with zero attached hydrogens (tertiary/aromatic N) is 3. The molecule has 1 aromatic heterocycles. The molecular weight excluding hydrogens is 362 g/mol. The largest absolute Gasteiger partial charge is 0.497 e. The molecule has 0 spiro atoms. The van der Waals surface area contributed by atoms with Crippen LogP contribution in [0.5, 0.6) is 5.75 Å². The van der Waals surface area contributed by atoms with Gasteiger partial charge in [0.25, 0.3) is 0 Å². The predicted octanol–water partition coefficient (Wildman–Crippen LogP) is 4.11. The number of methoxy groups -OCH3 is 1. The van der Waals surface area contributed by atoms with E-state index >= 15 is 0 Å². The van der Waals surface area contributed by atoms with Crippen LogP contribution in [0.2, 0.25) is 0 Å². The first-order valence-electron chi connectivity index (χ1n) is 10.1. The molecule has 5 nitrogen and oxygen atoms in total. The fourth-order valence-electron chi connectivity index (χ4n) is 3.89. The zero-order valence-corrected chi connectivity index (χ0v) is 16.5. The molecule has 0 radical (unpaired) electrons. The number of benzene rings is 2. The molecule has 0 saturated heterocycles. The maximum absolute atomic E-state index is 12.7. The van der Waals surface area contributed by atoms with Crippen LogP contribution in [0, 0.1) is 5.92 Å². The molecule has 2 heterocycles. The number of fused-ring (bicyclic) bond motifs is 1. The van der Waals surface area contributed by atoms with Crippen LogP contribution in [0.1, 0.15) is 24.1 Å². The standard InChI is InChI=1S/C24H23N3O2/c1-29-19-11-9-16(10-12-19)22-20-15-27(24(28)18-7-8-18)14-13-21(20)25-23(26-22)17-5-3-2-4-6-17/h2-6,9-12,18H,7-8,13-15H2,1H3. The summed E-state index contributed by atoms with van der Waals surface area (Å²) in [6.45, 7) is 1.32. The molecule has 0 atom stereocenters. The number of hydrogen-bond donors (Lipinski definition) is 0. The van der Waals surface area contributed by atoms with Crippen molar-refractivity contribution in [2.24, 2.45) is 5.92 Å². The Morgan fingerprint density at radius 3 is 2.45 bits per heavy atom. The van der Waals surface area contributed by atoms with Gasteiger partial charge in [-0.1, -0.05) is 30.3 Å². The summed E-state index contributed by atoms with van der Waals surface area (Å²) in [4.78, 5) is 24.5. The second-order valence-corrected chi connectivity index (χ2v) is 7.70. The van der Waals surface area contributed by atoms with Gasteiger partial charge >= 0.3 is 0 Å². The highest BCUT2D eigenvalue weighted by molar-refractivity contribution is 5.82. The van der Waals surface area contributed by atoms with Crippen LogP contribution >= 0.6 is 0 Å². The van der Waals surface area contributed by atoms with Crippen LogP contribution in [0.15, 0.2) is 54.6 Å². The quantitative estimate of drug-likeness (QED) is 0.678. The fraction of sp³-hybridized carbons (Fsp3) is 0.292. The minimum Gasteiger partial charge on any atom is -0.497 e. The molecule has 29 heavy (non-hydrogen) atoms. The molecule has 2 aromatic carbocycles. The maximum atomic E-state index is 12.7. The van der Waals surface area contributed by atoms with E-state index in [1.807, 2.05) is 59.5 Å². The molecule has 1 aliphatic heterocycles. The second kappa shape index (κ2) is 7.32. The van der Waals surface area contributed by atoms with Crippen LogP contribution in [-0.4, -0.2) is 34.4 Å². The van der Waals surface area contributed by atoms with E-state index in [9.17, 15) is 4.79 Å². The van der Waals surface area contributed by atoms with Crippen LogP contribution in [0.25, 0.3) is 22.6 Å². The van der Waals surface area contributed by atoms with Gasteiger partial charge in [-0.05, 0) is 37.1 Å². The van der Waals surface area contributed by atoms with Gasteiger partial charge in [-0.3, -0.25) is 4.79 Å². The van der Waals surface area contributed by atoms with E-state index in [4.69, 9.17) is 14.7 Å². The van der Waals surface area contributed by atoms with Gasteiger partial charge in [0, 0.05) is 42.1 Å². The van der Waals surface area contributed by atoms with Gasteiger partial charge in [-0.15, -0.1) is 0 Å². The lowest BCUT2D eigenvalue weighted by Gasteiger charge is -2.30. The molecule has 1 saturated carbocycles. The van der Waals surface area contributed by atoms with Crippen molar-refractivity contribution in [3.8, 4) is 28.4 Å². The molecule has 3 aromatic rings. The van der Waals surface area contributed by atoms with Crippen molar-refractivity contribution >= 4 is 5.91 Å². The summed E-state index contributed by atoms with van der Waals surface area (Å²) >= 11 is 0. The van der Waals surface area contributed by atoms with E-state index in [1.165, 1.54) is 0 Å². The second-order valence-electron chi connectivity index (χ2n) is 7.70. The number of carbonyl (C=O) groups excluding carboxylic acids is 1. The lowest BCUT2D eigenvalue weighted by molar-refractivity contribution is -0.133. The molecule has 1 aliphatic carbocycles. The molecule has 5 rings (SSSR count). The Balaban J connectivity index is 1.60. The van der Waals surface area contributed by atoms with Gasteiger partial charge in [0.15, 0.2) is 5.82 Å². The molecule has 1 fully saturated rings. The number of aromatic nitrogens is 2. The Labute approximate surface area is 170 Å². The van der Waals surface area contributed by atoms with Crippen LogP contribution < -0.4 is 4.74 Å². The predicted molar refractivity (Wildman–Crippen MR) is 111 cm³/mol. The summed E-state index contributed by atoms with van der Waals surface area (Å²) < 4.78 is 5.31. The maximum Gasteiger partial charge on any atom is 0.225 e. The first-order chi connectivity index (χ1) is 14.2. The van der Waals surface area contributed by atoms with Gasteiger partial charge in [-0.2, -0.15) is 0 Å². The van der Waals surface area contributed by atoms with Crippen molar-refractivity contribution in [1.29, 1.82) is 0 Å². The highest BCUT2D eigenvalue weighted by Crippen LogP contribution is 2.35. The van der Waals surface area contributed by atoms with Crippen molar-refractivity contribution in [3.05, 3.63) is 65.9 Å². The first kappa shape index (κ1) is 17.9. The Bertz CT molecular complexity index is 1040. The van der Waals surface area contributed by atoms with Crippen molar-refractivity contribution in [2.75, 3.05) is 13.7 Å². The number of carbonyl (C=O) groups is 1. The van der Waals surface area contributed by atoms with Crippen molar-refractivity contribution in [3.63, 3.8) is 0 Å². The first-order valence-corrected chi connectivity index (χ1v) is 10.1. The monoisotopic (exact) mass is 385 g/mol. The zero-order chi connectivity index (χ0) is 19.8. The Hall–Kier alpha value is -3.21. The van der Waals surface area contributed by atoms with E-state index in [2.05, 4.69) is 0 Å². The van der Waals surface area contributed by atoms with Crippen LogP contribution in [0.4, 0.5) is 0 Å². The number of amides is 1. The summed E-state index contributed by atoms with van der Waals surface area (Å²) in [6, 6.07) is 18.0. The lowest BCUT2D eigenvalue weighted by Crippen LogP contribution is -2.37. The van der Waals surface area contributed by atoms with E-state index in [-0.39, 0.29) is 11.8 Å². The summed E-state index contributed by atoms with van der Waals surface area (Å²) in [7, 11) is 1.66. The Kier molecular flexibility index (Phi) is 4.51. The third kappa shape index (κ3) is 3.48. The number of rotatable bonds is 4. The topological polar surface area (TPSA) is 55.3 Å². The smallest absolute Gasteiger partial charge is 0.225 e. The SMILES string of the molecule is COc1ccc(-c2nc(-c3ccccc3)nc3c2CN(C(=O)C2CC2)CC3)cc1. The molecule has 0 N–H and O–H groups in total. The number of ether oxygens (including phenoxy) is 1. The molecule has 5 heteroatoms. The third-order valence-electron chi connectivity index (χ3n) is 5.69. The van der Waals surface area contributed by atoms with E-state index in [0.29, 0.717) is 6.54 Å². The van der Waals surface area contributed by atoms with Gasteiger partial charge in [0.1, 0.15) is 5.75 Å². The minimum atomic E-state index is 0.227. The fourth-order valence-corrected chi connectivity index (χ4v) is 3.89. The molecule has 0 unspecified atom stereocenters. The molecule has 146 valence electrons. The molecular formula is C24H23N3O2. The molecule has 2 aliphatic rings. The van der Waals surface area contributed by atoms with Crippen LogP contribution in [-0.2, 0) is 17.8 Å². The molecule has 0 bridgehead atoms. The summed E-state index contributed by atoms with van der Waals surface area (Å²) in [6.07, 6.45) is 2.81. The van der Waals surface area contributed by atoms with Crippen molar-refractivity contribution in [1.82, 2.24) is 14.9 Å². The van der Waals surface area contributed by atoms with Crippen molar-refractivity contribution < 1.29 is 9.53 Å². The average Bonchev–Trinajstić information content (AvgIpc) is 3.64. The number of hydrogen-bond acceptors (Lipinski definition) is 4. The van der Waals surface area contributed by atoms with Gasteiger partial charge in [-0.25, -0.2) is 9.97 Å². The van der Waals surface area contributed by atoms with Crippen LogP contribution in [0.3, 0.4) is 0 Å². The van der Waals surface area contributed by atoms with E-state index < -0.39 is 0 Å².